The highest BCUT2D eigenvalue weighted by molar-refractivity contribution is 5.81. The van der Waals surface area contributed by atoms with Gasteiger partial charge in [-0.15, -0.1) is 0 Å². The molecule has 0 saturated heterocycles. The first-order valence-electron chi connectivity index (χ1n) is 6.81. The summed E-state index contributed by atoms with van der Waals surface area (Å²) in [5.74, 6) is 1.02. The van der Waals surface area contributed by atoms with Crippen molar-refractivity contribution in [1.82, 2.24) is 25.1 Å². The summed E-state index contributed by atoms with van der Waals surface area (Å²) in [7, 11) is 3.99. The number of likely N-dealkylation sites (N-methyl/N-ethyl adjacent to an activating group) is 1. The van der Waals surface area contributed by atoms with Crippen LogP contribution in [0.15, 0.2) is 24.3 Å². The molecule has 0 saturated carbocycles. The second-order valence-corrected chi connectivity index (χ2v) is 5.05. The van der Waals surface area contributed by atoms with Crippen molar-refractivity contribution in [2.24, 2.45) is 7.05 Å². The predicted molar refractivity (Wildman–Crippen MR) is 80.7 cm³/mol. The number of aryl methyl sites for hydroxylation is 2. The molecule has 3 rings (SSSR count). The van der Waals surface area contributed by atoms with Gasteiger partial charge in [-0.25, -0.2) is 4.98 Å². The zero-order valence-corrected chi connectivity index (χ0v) is 12.1. The molecule has 2 aromatic heterocycles. The van der Waals surface area contributed by atoms with Crippen molar-refractivity contribution in [2.75, 3.05) is 13.6 Å². The molecule has 2 heterocycles. The minimum absolute atomic E-state index is 0.945. The highest BCUT2D eigenvalue weighted by atomic mass is 15.1. The first-order chi connectivity index (χ1) is 9.69. The maximum atomic E-state index is 4.57. The Labute approximate surface area is 118 Å². The number of rotatable bonds is 4. The van der Waals surface area contributed by atoms with E-state index in [4.69, 9.17) is 0 Å². The van der Waals surface area contributed by atoms with Crippen LogP contribution in [0.5, 0.6) is 0 Å². The number of fused-ring (bicyclic) bond motifs is 1. The average molecular weight is 269 g/mol. The van der Waals surface area contributed by atoms with E-state index in [1.807, 2.05) is 21.0 Å². The quantitative estimate of drug-likeness (QED) is 0.762. The van der Waals surface area contributed by atoms with Crippen molar-refractivity contribution in [3.63, 3.8) is 0 Å². The largest absolute Gasteiger partial charge is 0.331 e. The Hall–Kier alpha value is -2.14. The van der Waals surface area contributed by atoms with E-state index in [1.165, 1.54) is 0 Å². The standard InChI is InChI=1S/C15H19N5/c1-10-17-14-8-11(4-5-15(14)20(10)3)13-9-12(18-19-13)6-7-16-2/h4-5,8-9,16H,6-7H2,1-3H3,(H,18,19). The Morgan fingerprint density at radius 3 is 2.95 bits per heavy atom. The molecular formula is C15H19N5. The minimum atomic E-state index is 0.945. The van der Waals surface area contributed by atoms with Gasteiger partial charge in [0.25, 0.3) is 0 Å². The second-order valence-electron chi connectivity index (χ2n) is 5.05. The molecule has 0 amide bonds. The fourth-order valence-electron chi connectivity index (χ4n) is 2.38. The molecule has 0 fully saturated rings. The normalized spacial score (nSPS) is 11.3. The van der Waals surface area contributed by atoms with Gasteiger partial charge in [0.2, 0.25) is 0 Å². The van der Waals surface area contributed by atoms with Crippen molar-refractivity contribution in [2.45, 2.75) is 13.3 Å². The lowest BCUT2D eigenvalue weighted by Gasteiger charge is -1.98. The predicted octanol–water partition coefficient (Wildman–Crippen LogP) is 2.03. The molecule has 104 valence electrons. The van der Waals surface area contributed by atoms with Crippen molar-refractivity contribution >= 4 is 11.0 Å². The van der Waals surface area contributed by atoms with Gasteiger partial charge in [0.1, 0.15) is 5.82 Å². The fourth-order valence-corrected chi connectivity index (χ4v) is 2.38. The van der Waals surface area contributed by atoms with E-state index in [-0.39, 0.29) is 0 Å². The molecular weight excluding hydrogens is 250 g/mol. The number of hydrogen-bond acceptors (Lipinski definition) is 3. The van der Waals surface area contributed by atoms with Gasteiger partial charge in [-0.1, -0.05) is 6.07 Å². The lowest BCUT2D eigenvalue weighted by Crippen LogP contribution is -2.10. The number of hydrogen-bond donors (Lipinski definition) is 2. The van der Waals surface area contributed by atoms with Crippen LogP contribution < -0.4 is 5.32 Å². The number of aromatic amines is 1. The van der Waals surface area contributed by atoms with Gasteiger partial charge >= 0.3 is 0 Å². The molecule has 0 radical (unpaired) electrons. The first kappa shape index (κ1) is 12.9. The highest BCUT2D eigenvalue weighted by Gasteiger charge is 2.08. The van der Waals surface area contributed by atoms with E-state index in [1.54, 1.807) is 0 Å². The smallest absolute Gasteiger partial charge is 0.106 e. The Balaban J connectivity index is 1.95. The van der Waals surface area contributed by atoms with E-state index in [2.05, 4.69) is 49.3 Å². The fraction of sp³-hybridized carbons (Fsp3) is 0.333. The van der Waals surface area contributed by atoms with E-state index in [9.17, 15) is 0 Å². The number of H-pyrrole nitrogens is 1. The molecule has 20 heavy (non-hydrogen) atoms. The zero-order chi connectivity index (χ0) is 14.1. The van der Waals surface area contributed by atoms with E-state index < -0.39 is 0 Å². The van der Waals surface area contributed by atoms with Crippen LogP contribution in [0.25, 0.3) is 22.3 Å². The van der Waals surface area contributed by atoms with Crippen molar-refractivity contribution < 1.29 is 0 Å². The first-order valence-corrected chi connectivity index (χ1v) is 6.81. The topological polar surface area (TPSA) is 58.5 Å². The summed E-state index contributed by atoms with van der Waals surface area (Å²) in [6.45, 7) is 2.96. The maximum Gasteiger partial charge on any atom is 0.106 e. The van der Waals surface area contributed by atoms with Crippen LogP contribution in [-0.4, -0.2) is 33.3 Å². The minimum Gasteiger partial charge on any atom is -0.331 e. The van der Waals surface area contributed by atoms with E-state index in [0.29, 0.717) is 0 Å². The van der Waals surface area contributed by atoms with Gasteiger partial charge in [0.05, 0.1) is 16.7 Å². The van der Waals surface area contributed by atoms with E-state index in [0.717, 1.165) is 46.8 Å². The summed E-state index contributed by atoms with van der Waals surface area (Å²) >= 11 is 0. The number of nitrogens with one attached hydrogen (secondary N) is 2. The molecule has 0 aliphatic rings. The van der Waals surface area contributed by atoms with E-state index >= 15 is 0 Å². The van der Waals surface area contributed by atoms with Crippen molar-refractivity contribution in [3.8, 4) is 11.3 Å². The number of imidazole rings is 1. The molecule has 0 aliphatic carbocycles. The lowest BCUT2D eigenvalue weighted by molar-refractivity contribution is 0.772. The average Bonchev–Trinajstić information content (AvgIpc) is 3.02. The van der Waals surface area contributed by atoms with Crippen LogP contribution in [0.4, 0.5) is 0 Å². The summed E-state index contributed by atoms with van der Waals surface area (Å²) in [6.07, 6.45) is 0.953. The van der Waals surface area contributed by atoms with Gasteiger partial charge in [-0.2, -0.15) is 5.10 Å². The number of aromatic nitrogens is 4. The van der Waals surface area contributed by atoms with Gasteiger partial charge in [0, 0.05) is 31.3 Å². The Morgan fingerprint density at radius 2 is 2.15 bits per heavy atom. The summed E-state index contributed by atoms with van der Waals surface area (Å²) in [5.41, 5.74) is 5.38. The Bertz CT molecular complexity index is 738. The van der Waals surface area contributed by atoms with Crippen LogP contribution in [0.2, 0.25) is 0 Å². The third-order valence-electron chi connectivity index (χ3n) is 3.68. The SMILES string of the molecule is CNCCc1cc(-c2ccc3c(c2)nc(C)n3C)n[nH]1. The number of benzene rings is 1. The summed E-state index contributed by atoms with van der Waals surface area (Å²) in [6, 6.07) is 8.41. The van der Waals surface area contributed by atoms with Crippen molar-refractivity contribution in [1.29, 1.82) is 0 Å². The molecule has 0 atom stereocenters. The van der Waals surface area contributed by atoms with Gasteiger partial charge < -0.3 is 9.88 Å². The summed E-state index contributed by atoms with van der Waals surface area (Å²) in [4.78, 5) is 4.57. The monoisotopic (exact) mass is 269 g/mol. The maximum absolute atomic E-state index is 4.57. The lowest BCUT2D eigenvalue weighted by atomic mass is 10.1. The van der Waals surface area contributed by atoms with Gasteiger partial charge in [-0.3, -0.25) is 5.10 Å². The molecule has 0 aliphatic heterocycles. The third-order valence-corrected chi connectivity index (χ3v) is 3.68. The molecule has 0 unspecified atom stereocenters. The Morgan fingerprint density at radius 1 is 1.30 bits per heavy atom. The van der Waals surface area contributed by atoms with Crippen LogP contribution in [0.1, 0.15) is 11.5 Å². The molecule has 5 heteroatoms. The molecule has 5 nitrogen and oxygen atoms in total. The highest BCUT2D eigenvalue weighted by Crippen LogP contribution is 2.23. The summed E-state index contributed by atoms with van der Waals surface area (Å²) < 4.78 is 2.10. The number of nitrogens with zero attached hydrogens (tertiary/aromatic N) is 3. The van der Waals surface area contributed by atoms with Crippen LogP contribution >= 0.6 is 0 Å². The molecule has 2 N–H and O–H groups in total. The van der Waals surface area contributed by atoms with Crippen molar-refractivity contribution in [3.05, 3.63) is 35.8 Å². The molecule has 0 spiro atoms. The van der Waals surface area contributed by atoms with Crippen LogP contribution in [-0.2, 0) is 13.5 Å². The molecule has 3 aromatic rings. The van der Waals surface area contributed by atoms with Crippen LogP contribution in [0, 0.1) is 6.92 Å². The Kier molecular flexibility index (Phi) is 3.28. The summed E-state index contributed by atoms with van der Waals surface area (Å²) in [5, 5.41) is 10.6. The zero-order valence-electron chi connectivity index (χ0n) is 12.1. The van der Waals surface area contributed by atoms with Gasteiger partial charge in [-0.05, 0) is 32.2 Å². The molecule has 1 aromatic carbocycles. The second kappa shape index (κ2) is 5.09. The molecule has 0 bridgehead atoms. The van der Waals surface area contributed by atoms with Gasteiger partial charge in [0.15, 0.2) is 0 Å². The van der Waals surface area contributed by atoms with Crippen LogP contribution in [0.3, 0.4) is 0 Å². The third kappa shape index (κ3) is 2.20.